The molecule has 1 heterocycles. The molecule has 1 atom stereocenters. The van der Waals surface area contributed by atoms with Crippen molar-refractivity contribution in [3.05, 3.63) is 29.3 Å². The minimum absolute atomic E-state index is 0.0471. The van der Waals surface area contributed by atoms with Crippen LogP contribution >= 0.6 is 0 Å². The molecule has 7 heteroatoms. The molecular weight excluding hydrogens is 304 g/mol. The Hall–Kier alpha value is -1.60. The van der Waals surface area contributed by atoms with Crippen molar-refractivity contribution in [2.24, 2.45) is 0 Å². The van der Waals surface area contributed by atoms with Gasteiger partial charge in [0.15, 0.2) is 0 Å². The SMILES string of the molecule is Cc1cccc(C)c1OC1CN(C(=O)[C@@H](C)NS(C)(=O)=O)C1. The second-order valence-electron chi connectivity index (χ2n) is 5.82. The largest absolute Gasteiger partial charge is 0.486 e. The summed E-state index contributed by atoms with van der Waals surface area (Å²) in [6.07, 6.45) is 0.994. The van der Waals surface area contributed by atoms with Crippen molar-refractivity contribution in [2.45, 2.75) is 32.9 Å². The number of nitrogens with zero attached hydrogens (tertiary/aromatic N) is 1. The molecule has 6 nitrogen and oxygen atoms in total. The Morgan fingerprint density at radius 2 is 1.86 bits per heavy atom. The molecule has 1 saturated heterocycles. The Kier molecular flexibility index (Phi) is 4.77. The molecule has 1 amide bonds. The molecule has 0 aliphatic carbocycles. The second kappa shape index (κ2) is 6.26. The van der Waals surface area contributed by atoms with E-state index in [0.29, 0.717) is 13.1 Å². The zero-order valence-electron chi connectivity index (χ0n) is 13.3. The van der Waals surface area contributed by atoms with E-state index in [-0.39, 0.29) is 12.0 Å². The quantitative estimate of drug-likeness (QED) is 0.870. The highest BCUT2D eigenvalue weighted by Crippen LogP contribution is 2.26. The van der Waals surface area contributed by atoms with E-state index < -0.39 is 16.1 Å². The summed E-state index contributed by atoms with van der Waals surface area (Å²) < 4.78 is 30.5. The number of amides is 1. The molecule has 0 bridgehead atoms. The molecule has 0 saturated carbocycles. The summed E-state index contributed by atoms with van der Waals surface area (Å²) >= 11 is 0. The Bertz CT molecular complexity index is 646. The maximum atomic E-state index is 12.1. The predicted octanol–water partition coefficient (Wildman–Crippen LogP) is 0.831. The van der Waals surface area contributed by atoms with Crippen LogP contribution in [0, 0.1) is 13.8 Å². The lowest BCUT2D eigenvalue weighted by Crippen LogP contribution is -2.60. The van der Waals surface area contributed by atoms with Gasteiger partial charge in [-0.3, -0.25) is 4.79 Å². The van der Waals surface area contributed by atoms with Gasteiger partial charge in [-0.2, -0.15) is 0 Å². The Morgan fingerprint density at radius 1 is 1.32 bits per heavy atom. The zero-order chi connectivity index (χ0) is 16.5. The maximum absolute atomic E-state index is 12.1. The van der Waals surface area contributed by atoms with E-state index in [1.54, 1.807) is 11.8 Å². The minimum atomic E-state index is -3.39. The first-order valence-corrected chi connectivity index (χ1v) is 9.05. The third kappa shape index (κ3) is 3.98. The molecule has 1 N–H and O–H groups in total. The summed E-state index contributed by atoms with van der Waals surface area (Å²) in [6.45, 7) is 6.47. The van der Waals surface area contributed by atoms with Gasteiger partial charge in [0.25, 0.3) is 0 Å². The number of likely N-dealkylation sites (tertiary alicyclic amines) is 1. The van der Waals surface area contributed by atoms with Gasteiger partial charge in [0.05, 0.1) is 25.4 Å². The van der Waals surface area contributed by atoms with Gasteiger partial charge in [0.2, 0.25) is 15.9 Å². The summed E-state index contributed by atoms with van der Waals surface area (Å²) in [7, 11) is -3.39. The summed E-state index contributed by atoms with van der Waals surface area (Å²) in [6, 6.07) is 5.20. The predicted molar refractivity (Wildman–Crippen MR) is 84.4 cm³/mol. The molecule has 1 aliphatic heterocycles. The smallest absolute Gasteiger partial charge is 0.240 e. The van der Waals surface area contributed by atoms with Crippen LogP contribution in [0.25, 0.3) is 0 Å². The van der Waals surface area contributed by atoms with Gasteiger partial charge in [0, 0.05) is 0 Å². The van der Waals surface area contributed by atoms with Gasteiger partial charge in [-0.1, -0.05) is 18.2 Å². The van der Waals surface area contributed by atoms with Crippen LogP contribution in [-0.2, 0) is 14.8 Å². The van der Waals surface area contributed by atoms with Crippen LogP contribution in [0.2, 0.25) is 0 Å². The number of hydrogen-bond donors (Lipinski definition) is 1. The van der Waals surface area contributed by atoms with E-state index in [9.17, 15) is 13.2 Å². The van der Waals surface area contributed by atoms with Crippen molar-refractivity contribution in [3.63, 3.8) is 0 Å². The van der Waals surface area contributed by atoms with E-state index >= 15 is 0 Å². The lowest BCUT2D eigenvalue weighted by atomic mass is 10.1. The van der Waals surface area contributed by atoms with Crippen molar-refractivity contribution in [3.8, 4) is 5.75 Å². The number of carbonyl (C=O) groups is 1. The fraction of sp³-hybridized carbons (Fsp3) is 0.533. The number of sulfonamides is 1. The van der Waals surface area contributed by atoms with E-state index in [4.69, 9.17) is 4.74 Å². The van der Waals surface area contributed by atoms with Crippen LogP contribution in [0.4, 0.5) is 0 Å². The Morgan fingerprint density at radius 3 is 2.36 bits per heavy atom. The summed E-state index contributed by atoms with van der Waals surface area (Å²) in [4.78, 5) is 13.7. The van der Waals surface area contributed by atoms with Gasteiger partial charge >= 0.3 is 0 Å². The van der Waals surface area contributed by atoms with Crippen LogP contribution in [0.5, 0.6) is 5.75 Å². The molecule has 122 valence electrons. The molecule has 1 aromatic carbocycles. The van der Waals surface area contributed by atoms with Crippen LogP contribution in [0.15, 0.2) is 18.2 Å². The highest BCUT2D eigenvalue weighted by molar-refractivity contribution is 7.88. The summed E-state index contributed by atoms with van der Waals surface area (Å²) in [5.41, 5.74) is 2.13. The molecule has 1 aromatic rings. The highest BCUT2D eigenvalue weighted by Gasteiger charge is 2.35. The van der Waals surface area contributed by atoms with Crippen LogP contribution in [0.3, 0.4) is 0 Å². The average molecular weight is 326 g/mol. The molecule has 0 unspecified atom stereocenters. The monoisotopic (exact) mass is 326 g/mol. The third-order valence-corrected chi connectivity index (χ3v) is 4.40. The first-order chi connectivity index (χ1) is 10.2. The third-order valence-electron chi connectivity index (χ3n) is 3.61. The number of benzene rings is 1. The fourth-order valence-electron chi connectivity index (χ4n) is 2.49. The molecule has 1 fully saturated rings. The molecule has 0 radical (unpaired) electrons. The van der Waals surface area contributed by atoms with E-state index in [1.807, 2.05) is 32.0 Å². The van der Waals surface area contributed by atoms with Crippen molar-refractivity contribution < 1.29 is 17.9 Å². The first-order valence-electron chi connectivity index (χ1n) is 7.16. The molecule has 0 aromatic heterocycles. The van der Waals surface area contributed by atoms with Crippen molar-refractivity contribution >= 4 is 15.9 Å². The maximum Gasteiger partial charge on any atom is 0.240 e. The highest BCUT2D eigenvalue weighted by atomic mass is 32.2. The van der Waals surface area contributed by atoms with E-state index in [1.165, 1.54) is 0 Å². The molecule has 2 rings (SSSR count). The lowest BCUT2D eigenvalue weighted by molar-refractivity contribution is -0.141. The molecule has 22 heavy (non-hydrogen) atoms. The second-order valence-corrected chi connectivity index (χ2v) is 7.60. The minimum Gasteiger partial charge on any atom is -0.486 e. The van der Waals surface area contributed by atoms with Gasteiger partial charge in [-0.05, 0) is 31.9 Å². The van der Waals surface area contributed by atoms with Gasteiger partial charge < -0.3 is 9.64 Å². The fourth-order valence-corrected chi connectivity index (χ4v) is 3.23. The number of ether oxygens (including phenoxy) is 1. The van der Waals surface area contributed by atoms with Crippen molar-refractivity contribution in [2.75, 3.05) is 19.3 Å². The van der Waals surface area contributed by atoms with Gasteiger partial charge in [-0.15, -0.1) is 0 Å². The summed E-state index contributed by atoms with van der Waals surface area (Å²) in [5.74, 6) is 0.633. The summed E-state index contributed by atoms with van der Waals surface area (Å²) in [5, 5.41) is 0. The number of aryl methyl sites for hydroxylation is 2. The molecular formula is C15H22N2O4S. The molecule has 0 spiro atoms. The van der Waals surface area contributed by atoms with E-state index in [2.05, 4.69) is 4.72 Å². The standard InChI is InChI=1S/C15H22N2O4S/c1-10-6-5-7-11(2)14(10)21-13-8-17(9-13)15(18)12(3)16-22(4,19)20/h5-7,12-13,16H,8-9H2,1-4H3/t12-/m1/s1. The van der Waals surface area contributed by atoms with Crippen LogP contribution in [0.1, 0.15) is 18.1 Å². The van der Waals surface area contributed by atoms with Crippen LogP contribution in [-0.4, -0.2) is 50.7 Å². The van der Waals surface area contributed by atoms with Crippen LogP contribution < -0.4 is 9.46 Å². The number of para-hydroxylation sites is 1. The number of hydrogen-bond acceptors (Lipinski definition) is 4. The topological polar surface area (TPSA) is 75.7 Å². The zero-order valence-corrected chi connectivity index (χ0v) is 14.1. The van der Waals surface area contributed by atoms with Crippen molar-refractivity contribution in [1.82, 2.24) is 9.62 Å². The molecule has 1 aliphatic rings. The normalized spacial score (nSPS) is 17.0. The van der Waals surface area contributed by atoms with E-state index in [0.717, 1.165) is 23.1 Å². The lowest BCUT2D eigenvalue weighted by Gasteiger charge is -2.40. The first kappa shape index (κ1) is 16.8. The number of nitrogens with one attached hydrogen (secondary N) is 1. The number of rotatable bonds is 5. The van der Waals surface area contributed by atoms with Gasteiger partial charge in [0.1, 0.15) is 11.9 Å². The number of carbonyl (C=O) groups excluding carboxylic acids is 1. The van der Waals surface area contributed by atoms with Gasteiger partial charge in [-0.25, -0.2) is 13.1 Å². The Balaban J connectivity index is 1.89. The Labute approximate surface area is 131 Å². The average Bonchev–Trinajstić information content (AvgIpc) is 2.33. The van der Waals surface area contributed by atoms with Crippen molar-refractivity contribution in [1.29, 1.82) is 0 Å².